The van der Waals surface area contributed by atoms with Crippen molar-refractivity contribution in [2.75, 3.05) is 11.1 Å². The fourth-order valence-electron chi connectivity index (χ4n) is 1.92. The Labute approximate surface area is 157 Å². The summed E-state index contributed by atoms with van der Waals surface area (Å²) >= 11 is 9.98. The number of carbonyl (C=O) groups is 1. The van der Waals surface area contributed by atoms with E-state index in [1.54, 1.807) is 12.1 Å². The van der Waals surface area contributed by atoms with E-state index < -0.39 is 0 Å². The number of nitrogens with zero attached hydrogens (tertiary/aromatic N) is 2. The molecule has 0 spiro atoms. The molecule has 2 aromatic heterocycles. The number of ketones is 1. The highest BCUT2D eigenvalue weighted by Gasteiger charge is 2.12. The first kappa shape index (κ1) is 17.4. The number of anilines is 2. The van der Waals surface area contributed by atoms with Gasteiger partial charge >= 0.3 is 0 Å². The number of Topliss-reactive ketones (excluding diaryl/α,β-unsaturated/α-hetero) is 1. The van der Waals surface area contributed by atoms with Crippen molar-refractivity contribution in [3.63, 3.8) is 0 Å². The van der Waals surface area contributed by atoms with Crippen LogP contribution in [0.25, 0.3) is 0 Å². The van der Waals surface area contributed by atoms with Crippen LogP contribution < -0.4 is 5.32 Å². The first-order chi connectivity index (χ1) is 11.5. The van der Waals surface area contributed by atoms with Gasteiger partial charge in [0, 0.05) is 5.69 Å². The second-order valence-electron chi connectivity index (χ2n) is 5.11. The summed E-state index contributed by atoms with van der Waals surface area (Å²) in [5.74, 6) is 0.380. The molecule has 2 heterocycles. The number of benzene rings is 1. The van der Waals surface area contributed by atoms with Crippen LogP contribution in [0.2, 0.25) is 4.34 Å². The molecule has 0 fully saturated rings. The van der Waals surface area contributed by atoms with Gasteiger partial charge in [-0.15, -0.1) is 21.5 Å². The molecule has 0 unspecified atom stereocenters. The predicted molar refractivity (Wildman–Crippen MR) is 103 cm³/mol. The maximum atomic E-state index is 12.1. The topological polar surface area (TPSA) is 54.9 Å². The number of carbonyl (C=O) groups excluding carboxylic acids is 1. The third-order valence-corrected chi connectivity index (χ3v) is 6.58. The Morgan fingerprint density at radius 3 is 2.71 bits per heavy atom. The van der Waals surface area contributed by atoms with Gasteiger partial charge in [0.15, 0.2) is 10.1 Å². The molecule has 0 amide bonds. The molecule has 1 aromatic carbocycles. The smallest absolute Gasteiger partial charge is 0.210 e. The fraction of sp³-hybridized carbons (Fsp3) is 0.188. The van der Waals surface area contributed by atoms with E-state index in [2.05, 4.69) is 41.5 Å². The first-order valence-electron chi connectivity index (χ1n) is 7.10. The number of aromatic nitrogens is 2. The number of halogens is 1. The van der Waals surface area contributed by atoms with Gasteiger partial charge in [-0.05, 0) is 49.2 Å². The van der Waals surface area contributed by atoms with Crippen molar-refractivity contribution < 1.29 is 4.79 Å². The minimum absolute atomic E-state index is 0.0516. The van der Waals surface area contributed by atoms with Gasteiger partial charge in [-0.3, -0.25) is 4.79 Å². The largest absolute Gasteiger partial charge is 0.330 e. The molecule has 0 bridgehead atoms. The Morgan fingerprint density at radius 1 is 1.17 bits per heavy atom. The molecule has 0 aliphatic carbocycles. The van der Waals surface area contributed by atoms with Crippen LogP contribution in [0, 0.1) is 13.8 Å². The molecule has 0 atom stereocenters. The summed E-state index contributed by atoms with van der Waals surface area (Å²) in [7, 11) is 0. The van der Waals surface area contributed by atoms with Crippen LogP contribution in [-0.4, -0.2) is 21.7 Å². The van der Waals surface area contributed by atoms with Gasteiger partial charge < -0.3 is 5.32 Å². The van der Waals surface area contributed by atoms with E-state index in [1.165, 1.54) is 45.6 Å². The van der Waals surface area contributed by atoms with E-state index in [-0.39, 0.29) is 5.78 Å². The van der Waals surface area contributed by atoms with E-state index in [0.29, 0.717) is 20.1 Å². The Bertz CT molecular complexity index is 875. The Kier molecular flexibility index (Phi) is 5.55. The number of nitrogens with one attached hydrogen (secondary N) is 1. The highest BCUT2D eigenvalue weighted by Crippen LogP contribution is 2.30. The van der Waals surface area contributed by atoms with Crippen molar-refractivity contribution in [1.82, 2.24) is 10.2 Å². The average Bonchev–Trinajstić information content (AvgIpc) is 3.18. The van der Waals surface area contributed by atoms with Crippen LogP contribution in [0.5, 0.6) is 0 Å². The zero-order valence-corrected chi connectivity index (χ0v) is 16.2. The van der Waals surface area contributed by atoms with Gasteiger partial charge in [-0.1, -0.05) is 40.8 Å². The molecule has 0 aliphatic rings. The Balaban J connectivity index is 1.59. The molecule has 0 saturated heterocycles. The lowest BCUT2D eigenvalue weighted by molar-refractivity contribution is 0.102. The second kappa shape index (κ2) is 7.65. The number of hydrogen-bond donors (Lipinski definition) is 1. The molecule has 3 aromatic rings. The number of thiophene rings is 1. The van der Waals surface area contributed by atoms with Crippen LogP contribution in [0.4, 0.5) is 10.8 Å². The number of aryl methyl sites for hydroxylation is 2. The number of hydrogen-bond acceptors (Lipinski definition) is 7. The molecular weight excluding hydrogens is 382 g/mol. The van der Waals surface area contributed by atoms with Crippen molar-refractivity contribution in [1.29, 1.82) is 0 Å². The SMILES string of the molecule is Cc1ccc(Nc2nnc(SCC(=O)c3ccc(Cl)s3)s2)cc1C. The molecule has 0 radical (unpaired) electrons. The monoisotopic (exact) mass is 395 g/mol. The van der Waals surface area contributed by atoms with E-state index in [0.717, 1.165) is 10.0 Å². The van der Waals surface area contributed by atoms with Gasteiger partial charge in [0.1, 0.15) is 0 Å². The van der Waals surface area contributed by atoms with Gasteiger partial charge in [0.05, 0.1) is 15.0 Å². The van der Waals surface area contributed by atoms with Crippen LogP contribution in [0.15, 0.2) is 34.7 Å². The van der Waals surface area contributed by atoms with E-state index in [4.69, 9.17) is 11.6 Å². The van der Waals surface area contributed by atoms with Crippen LogP contribution >= 0.6 is 46.0 Å². The van der Waals surface area contributed by atoms with Crippen LogP contribution in [0.3, 0.4) is 0 Å². The maximum absolute atomic E-state index is 12.1. The maximum Gasteiger partial charge on any atom is 0.210 e. The molecule has 0 saturated carbocycles. The summed E-state index contributed by atoms with van der Waals surface area (Å²) in [5, 5.41) is 12.2. The lowest BCUT2D eigenvalue weighted by atomic mass is 10.1. The fourth-order valence-corrected chi connectivity index (χ4v) is 4.65. The second-order valence-corrected chi connectivity index (χ2v) is 9.03. The molecule has 3 rings (SSSR count). The third kappa shape index (κ3) is 4.36. The quantitative estimate of drug-likeness (QED) is 0.435. The Morgan fingerprint density at radius 2 is 2.00 bits per heavy atom. The minimum Gasteiger partial charge on any atom is -0.330 e. The van der Waals surface area contributed by atoms with Gasteiger partial charge in [0.25, 0.3) is 0 Å². The number of thioether (sulfide) groups is 1. The van der Waals surface area contributed by atoms with E-state index in [9.17, 15) is 4.79 Å². The van der Waals surface area contributed by atoms with Crippen LogP contribution in [0.1, 0.15) is 20.8 Å². The van der Waals surface area contributed by atoms with Crippen molar-refractivity contribution in [2.45, 2.75) is 18.2 Å². The summed E-state index contributed by atoms with van der Waals surface area (Å²) in [5.41, 5.74) is 3.45. The van der Waals surface area contributed by atoms with Crippen molar-refractivity contribution in [3.8, 4) is 0 Å². The van der Waals surface area contributed by atoms with E-state index >= 15 is 0 Å². The molecule has 124 valence electrons. The summed E-state index contributed by atoms with van der Waals surface area (Å²) in [4.78, 5) is 12.7. The molecule has 24 heavy (non-hydrogen) atoms. The summed E-state index contributed by atoms with van der Waals surface area (Å²) < 4.78 is 1.39. The van der Waals surface area contributed by atoms with E-state index in [1.807, 2.05) is 6.07 Å². The van der Waals surface area contributed by atoms with Crippen LogP contribution in [-0.2, 0) is 0 Å². The normalized spacial score (nSPS) is 10.8. The minimum atomic E-state index is 0.0516. The lowest BCUT2D eigenvalue weighted by Gasteiger charge is -2.05. The molecule has 0 aliphatic heterocycles. The standard InChI is InChI=1S/C16H14ClN3OS3/c1-9-3-4-11(7-10(9)2)18-15-19-20-16(24-15)22-8-12(21)13-5-6-14(17)23-13/h3-7H,8H2,1-2H3,(H,18,19). The summed E-state index contributed by atoms with van der Waals surface area (Å²) in [6, 6.07) is 9.65. The third-order valence-electron chi connectivity index (χ3n) is 3.34. The van der Waals surface area contributed by atoms with Gasteiger partial charge in [0.2, 0.25) is 5.13 Å². The van der Waals surface area contributed by atoms with Crippen molar-refractivity contribution in [2.24, 2.45) is 0 Å². The van der Waals surface area contributed by atoms with Crippen molar-refractivity contribution >= 4 is 62.6 Å². The number of rotatable bonds is 6. The molecule has 1 N–H and O–H groups in total. The van der Waals surface area contributed by atoms with Gasteiger partial charge in [-0.25, -0.2) is 0 Å². The summed E-state index contributed by atoms with van der Waals surface area (Å²) in [6.07, 6.45) is 0. The van der Waals surface area contributed by atoms with Gasteiger partial charge in [-0.2, -0.15) is 0 Å². The Hall–Kier alpha value is -1.41. The molecule has 8 heteroatoms. The molecule has 4 nitrogen and oxygen atoms in total. The predicted octanol–water partition coefficient (Wildman–Crippen LogP) is 5.59. The molecular formula is C16H14ClN3OS3. The van der Waals surface area contributed by atoms with Crippen molar-refractivity contribution in [3.05, 3.63) is 50.7 Å². The highest BCUT2D eigenvalue weighted by molar-refractivity contribution is 8.01. The first-order valence-corrected chi connectivity index (χ1v) is 10.1. The summed E-state index contributed by atoms with van der Waals surface area (Å²) in [6.45, 7) is 4.15. The zero-order valence-electron chi connectivity index (χ0n) is 13.0. The average molecular weight is 396 g/mol. The lowest BCUT2D eigenvalue weighted by Crippen LogP contribution is -1.98. The zero-order chi connectivity index (χ0) is 17.1. The highest BCUT2D eigenvalue weighted by atomic mass is 35.5.